The number of amides is 3. The van der Waals surface area contributed by atoms with E-state index in [9.17, 15) is 29.5 Å². The second-order valence-corrected chi connectivity index (χ2v) is 10.1. The fourth-order valence-corrected chi connectivity index (χ4v) is 6.05. The number of fused-ring (bicyclic) bond motifs is 1. The van der Waals surface area contributed by atoms with Crippen LogP contribution in [-0.4, -0.2) is 102 Å². The zero-order chi connectivity index (χ0) is 24.9. The largest absolute Gasteiger partial charge is 0.477 e. The van der Waals surface area contributed by atoms with E-state index in [2.05, 4.69) is 25.1 Å². The molecule has 16 heteroatoms. The van der Waals surface area contributed by atoms with Crippen LogP contribution in [0.4, 0.5) is 5.13 Å². The first-order chi connectivity index (χ1) is 16.8. The average Bonchev–Trinajstić information content (AvgIpc) is 3.37. The molecule has 5 heterocycles. The van der Waals surface area contributed by atoms with Gasteiger partial charge in [-0.15, -0.1) is 11.8 Å². The van der Waals surface area contributed by atoms with Gasteiger partial charge in [-0.25, -0.2) is 4.79 Å². The van der Waals surface area contributed by atoms with E-state index < -0.39 is 34.9 Å². The monoisotopic (exact) mass is 520 g/mol. The Kier molecular flexibility index (Phi) is 5.94. The summed E-state index contributed by atoms with van der Waals surface area (Å²) in [6.45, 7) is 2.06. The lowest BCUT2D eigenvalue weighted by Crippen LogP contribution is -2.71. The van der Waals surface area contributed by atoms with Crippen LogP contribution in [0.1, 0.15) is 12.2 Å². The number of aliphatic carboxylic acids is 1. The molecule has 1 aromatic rings. The van der Waals surface area contributed by atoms with Gasteiger partial charge in [0.1, 0.15) is 17.1 Å². The Morgan fingerprint density at radius 3 is 2.69 bits per heavy atom. The number of hydrogen-bond acceptors (Lipinski definition) is 12. The molecule has 5 rings (SSSR count). The predicted molar refractivity (Wildman–Crippen MR) is 123 cm³/mol. The van der Waals surface area contributed by atoms with Gasteiger partial charge in [0.05, 0.1) is 6.04 Å². The molecule has 184 valence electrons. The molecule has 0 unspecified atom stereocenters. The zero-order valence-corrected chi connectivity index (χ0v) is 19.6. The van der Waals surface area contributed by atoms with Gasteiger partial charge in [-0.2, -0.15) is 9.36 Å². The third-order valence-corrected chi connectivity index (χ3v) is 8.01. The van der Waals surface area contributed by atoms with Crippen LogP contribution in [0.15, 0.2) is 28.1 Å². The van der Waals surface area contributed by atoms with Crippen molar-refractivity contribution in [1.29, 1.82) is 0 Å². The first-order valence-corrected chi connectivity index (χ1v) is 12.4. The van der Waals surface area contributed by atoms with Gasteiger partial charge in [-0.05, 0) is 18.1 Å². The summed E-state index contributed by atoms with van der Waals surface area (Å²) in [5, 5.41) is 27.0. The number of nitrogens with zero attached hydrogens (tertiary/aromatic N) is 5. The van der Waals surface area contributed by atoms with E-state index >= 15 is 0 Å². The molecule has 6 N–H and O–H groups in total. The molecule has 14 nitrogen and oxygen atoms in total. The van der Waals surface area contributed by atoms with E-state index in [1.807, 2.05) is 0 Å². The number of aromatic nitrogens is 2. The van der Waals surface area contributed by atoms with Crippen LogP contribution in [0.25, 0.3) is 0 Å². The summed E-state index contributed by atoms with van der Waals surface area (Å²) in [5.41, 5.74) is 5.65. The Bertz CT molecular complexity index is 1220. The van der Waals surface area contributed by atoms with Crippen molar-refractivity contribution in [2.45, 2.75) is 23.9 Å². The maximum absolute atomic E-state index is 12.9. The van der Waals surface area contributed by atoms with Gasteiger partial charge in [0.25, 0.3) is 11.8 Å². The third-order valence-electron chi connectivity index (χ3n) is 6.16. The number of oxime groups is 1. The quantitative estimate of drug-likeness (QED) is 0.0927. The number of carboxylic acid groups (broad SMARTS) is 1. The minimum atomic E-state index is -1.30. The molecule has 3 saturated heterocycles. The number of nitrogens with two attached hydrogens (primary N) is 1. The molecule has 0 saturated carbocycles. The van der Waals surface area contributed by atoms with E-state index in [1.54, 1.807) is 11.0 Å². The lowest BCUT2D eigenvalue weighted by Gasteiger charge is -2.49. The number of β-lactam (4-membered cyclic amide) rings is 1. The molecule has 4 aliphatic rings. The summed E-state index contributed by atoms with van der Waals surface area (Å²) in [6.07, 6.45) is 2.08. The van der Waals surface area contributed by atoms with E-state index in [-0.39, 0.29) is 34.4 Å². The van der Waals surface area contributed by atoms with Gasteiger partial charge in [0, 0.05) is 42.5 Å². The van der Waals surface area contributed by atoms with Crippen molar-refractivity contribution in [2.24, 2.45) is 5.16 Å². The molecule has 2 atom stereocenters. The Morgan fingerprint density at radius 2 is 2.09 bits per heavy atom. The number of anilines is 1. The van der Waals surface area contributed by atoms with Crippen LogP contribution in [-0.2, 0) is 19.2 Å². The maximum atomic E-state index is 12.9. The number of nitrogen functional groups attached to an aromatic ring is 1. The van der Waals surface area contributed by atoms with Crippen LogP contribution in [0.2, 0.25) is 0 Å². The van der Waals surface area contributed by atoms with Crippen molar-refractivity contribution < 1.29 is 29.5 Å². The second kappa shape index (κ2) is 8.94. The van der Waals surface area contributed by atoms with Crippen molar-refractivity contribution in [3.05, 3.63) is 28.7 Å². The first-order valence-electron chi connectivity index (χ1n) is 10.6. The lowest BCUT2D eigenvalue weighted by molar-refractivity contribution is -0.150. The minimum absolute atomic E-state index is 0.0637. The summed E-state index contributed by atoms with van der Waals surface area (Å²) in [5.74, 6) is -2.92. The van der Waals surface area contributed by atoms with Crippen molar-refractivity contribution in [3.63, 3.8) is 0 Å². The standard InChI is InChI=1S/C19H20N8O6S2/c20-19-23-13(25-35-19)10(24-33)14(28)22-11-16(30)27-12(18(31)32)8(6-34-17(11)27)3-7-1-2-26(15(7)29)9-4-21-5-9/h3,9,11,17,21,33H,1-2,4-6H2,(H,22,28)(H,31,32)(H2,20,23,25)/b7-3?,24-10-/t11-,17-/m1/s1. The van der Waals surface area contributed by atoms with E-state index in [0.717, 1.165) is 29.5 Å². The zero-order valence-electron chi connectivity index (χ0n) is 18.0. The highest BCUT2D eigenvalue weighted by Crippen LogP contribution is 2.41. The Hall–Kier alpha value is -3.50. The molecule has 35 heavy (non-hydrogen) atoms. The maximum Gasteiger partial charge on any atom is 0.352 e. The molecule has 0 spiro atoms. The number of allylic oxidation sites excluding steroid dienone is 1. The Balaban J connectivity index is 1.33. The van der Waals surface area contributed by atoms with Gasteiger partial charge < -0.3 is 31.6 Å². The fourth-order valence-electron chi connectivity index (χ4n) is 4.31. The first kappa shape index (κ1) is 23.3. The number of carbonyl (C=O) groups excluding carboxylic acids is 3. The van der Waals surface area contributed by atoms with Crippen molar-refractivity contribution >= 4 is 57.8 Å². The molecule has 1 aromatic heterocycles. The molecule has 0 bridgehead atoms. The van der Waals surface area contributed by atoms with Crippen LogP contribution in [0, 0.1) is 0 Å². The summed E-state index contributed by atoms with van der Waals surface area (Å²) in [7, 11) is 0. The molecular weight excluding hydrogens is 500 g/mol. The number of carboxylic acids is 1. The molecule has 0 radical (unpaired) electrons. The number of likely N-dealkylation sites (tertiary alicyclic amines) is 1. The highest BCUT2D eigenvalue weighted by molar-refractivity contribution is 8.00. The van der Waals surface area contributed by atoms with Crippen LogP contribution >= 0.6 is 23.3 Å². The highest BCUT2D eigenvalue weighted by Gasteiger charge is 2.54. The summed E-state index contributed by atoms with van der Waals surface area (Å²) >= 11 is 2.06. The van der Waals surface area contributed by atoms with Crippen LogP contribution < -0.4 is 16.4 Å². The highest BCUT2D eigenvalue weighted by atomic mass is 32.2. The predicted octanol–water partition coefficient (Wildman–Crippen LogP) is -1.83. The molecule has 0 aromatic carbocycles. The summed E-state index contributed by atoms with van der Waals surface area (Å²) in [4.78, 5) is 57.0. The van der Waals surface area contributed by atoms with Crippen LogP contribution in [0.3, 0.4) is 0 Å². The fraction of sp³-hybridized carbons (Fsp3) is 0.421. The van der Waals surface area contributed by atoms with E-state index in [0.29, 0.717) is 24.1 Å². The van der Waals surface area contributed by atoms with E-state index in [1.165, 1.54) is 11.8 Å². The lowest BCUT2D eigenvalue weighted by atomic mass is 10.0. The smallest absolute Gasteiger partial charge is 0.352 e. The summed E-state index contributed by atoms with van der Waals surface area (Å²) < 4.78 is 3.81. The summed E-state index contributed by atoms with van der Waals surface area (Å²) in [6, 6.07) is -0.894. The second-order valence-electron chi connectivity index (χ2n) is 8.17. The van der Waals surface area contributed by atoms with Gasteiger partial charge in [-0.3, -0.25) is 19.3 Å². The number of nitrogens with one attached hydrogen (secondary N) is 2. The molecular formula is C19H20N8O6S2. The Labute approximate surface area is 206 Å². The number of rotatable bonds is 6. The number of thioether (sulfide) groups is 1. The van der Waals surface area contributed by atoms with Crippen molar-refractivity contribution in [3.8, 4) is 0 Å². The van der Waals surface area contributed by atoms with Gasteiger partial charge >= 0.3 is 5.97 Å². The topological polar surface area (TPSA) is 203 Å². The molecule has 3 amide bonds. The molecule has 3 fully saturated rings. The molecule has 4 aliphatic heterocycles. The Morgan fingerprint density at radius 1 is 1.31 bits per heavy atom. The molecule has 0 aliphatic carbocycles. The van der Waals surface area contributed by atoms with Gasteiger partial charge in [0.15, 0.2) is 5.13 Å². The normalized spacial score (nSPS) is 26.1. The number of carbonyl (C=O) groups is 4. The van der Waals surface area contributed by atoms with Crippen molar-refractivity contribution in [1.82, 2.24) is 29.8 Å². The minimum Gasteiger partial charge on any atom is -0.477 e. The van der Waals surface area contributed by atoms with Crippen molar-refractivity contribution in [2.75, 3.05) is 31.1 Å². The van der Waals surface area contributed by atoms with Gasteiger partial charge in [0.2, 0.25) is 17.4 Å². The SMILES string of the molecule is Nc1nc(/C(=N/O)C(=O)N[C@@H]2C(=O)N3C(C(=O)O)=C(C=C4CCN(C5CNC5)C4=O)CS[C@H]23)ns1. The van der Waals surface area contributed by atoms with Crippen LogP contribution in [0.5, 0.6) is 0 Å². The average molecular weight is 521 g/mol. The third kappa shape index (κ3) is 3.92. The van der Waals surface area contributed by atoms with E-state index in [4.69, 9.17) is 5.73 Å². The van der Waals surface area contributed by atoms with Gasteiger partial charge in [-0.1, -0.05) is 5.16 Å². The number of hydrogen-bond donors (Lipinski definition) is 5.